The Balaban J connectivity index is 1.86. The summed E-state index contributed by atoms with van der Waals surface area (Å²) in [5.41, 5.74) is 2.21. The van der Waals surface area contributed by atoms with Crippen molar-refractivity contribution >= 4 is 5.91 Å². The molecule has 68 valence electrons. The lowest BCUT2D eigenvalue weighted by atomic mass is 9.86. The van der Waals surface area contributed by atoms with Gasteiger partial charge < -0.3 is 0 Å². The molecule has 0 aromatic rings. The van der Waals surface area contributed by atoms with Gasteiger partial charge in [0.05, 0.1) is 0 Å². The zero-order valence-electron chi connectivity index (χ0n) is 7.25. The van der Waals surface area contributed by atoms with Gasteiger partial charge in [-0.2, -0.15) is 0 Å². The summed E-state index contributed by atoms with van der Waals surface area (Å²) in [7, 11) is 0. The molecule has 3 unspecified atom stereocenters. The molecular formula is C9H16N2O. The Morgan fingerprint density at radius 2 is 2.25 bits per heavy atom. The fourth-order valence-corrected chi connectivity index (χ4v) is 2.92. The average molecular weight is 168 g/mol. The predicted octanol–water partition coefficient (Wildman–Crippen LogP) is 0.803. The van der Waals surface area contributed by atoms with Crippen molar-refractivity contribution in [1.82, 2.24) is 5.43 Å². The average Bonchev–Trinajstić information content (AvgIpc) is 2.64. The van der Waals surface area contributed by atoms with Crippen LogP contribution in [-0.2, 0) is 4.79 Å². The van der Waals surface area contributed by atoms with Gasteiger partial charge in [-0.3, -0.25) is 10.2 Å². The normalized spacial score (nSPS) is 38.6. The van der Waals surface area contributed by atoms with E-state index in [-0.39, 0.29) is 5.91 Å². The fourth-order valence-electron chi connectivity index (χ4n) is 2.92. The van der Waals surface area contributed by atoms with Crippen LogP contribution in [0.15, 0.2) is 0 Å². The lowest BCUT2D eigenvalue weighted by molar-refractivity contribution is -0.122. The van der Waals surface area contributed by atoms with Gasteiger partial charge in [0.15, 0.2) is 0 Å². The minimum atomic E-state index is 0.00699. The molecule has 2 bridgehead atoms. The van der Waals surface area contributed by atoms with Crippen molar-refractivity contribution in [1.29, 1.82) is 0 Å². The molecule has 0 aromatic carbocycles. The summed E-state index contributed by atoms with van der Waals surface area (Å²) in [6.45, 7) is 0. The maximum Gasteiger partial charge on any atom is 0.234 e. The second-order valence-corrected chi connectivity index (χ2v) is 4.21. The molecule has 12 heavy (non-hydrogen) atoms. The molecule has 0 spiro atoms. The number of nitrogens with one attached hydrogen (secondary N) is 1. The summed E-state index contributed by atoms with van der Waals surface area (Å²) < 4.78 is 0. The highest BCUT2D eigenvalue weighted by Gasteiger charge is 2.39. The standard InChI is InChI=1S/C9H16N2O/c10-11-9(12)5-8-4-6-1-2-7(8)3-6/h6-8H,1-5,10H2,(H,11,12). The SMILES string of the molecule is NNC(=O)CC1CC2CCC1C2. The third kappa shape index (κ3) is 1.33. The first-order chi connectivity index (χ1) is 5.79. The van der Waals surface area contributed by atoms with E-state index in [1.54, 1.807) is 0 Å². The van der Waals surface area contributed by atoms with Crippen LogP contribution in [0.3, 0.4) is 0 Å². The summed E-state index contributed by atoms with van der Waals surface area (Å²) in [5, 5.41) is 0. The number of hydrazine groups is 1. The summed E-state index contributed by atoms with van der Waals surface area (Å²) in [5.74, 6) is 7.44. The summed E-state index contributed by atoms with van der Waals surface area (Å²) in [4.78, 5) is 11.0. The molecular weight excluding hydrogens is 152 g/mol. The van der Waals surface area contributed by atoms with Gasteiger partial charge in [-0.1, -0.05) is 6.42 Å². The molecule has 1 amide bonds. The molecule has 3 heteroatoms. The highest BCUT2D eigenvalue weighted by molar-refractivity contribution is 5.75. The van der Waals surface area contributed by atoms with E-state index >= 15 is 0 Å². The number of amides is 1. The van der Waals surface area contributed by atoms with E-state index in [4.69, 9.17) is 5.84 Å². The van der Waals surface area contributed by atoms with Gasteiger partial charge in [-0.05, 0) is 37.0 Å². The first-order valence-corrected chi connectivity index (χ1v) is 4.79. The van der Waals surface area contributed by atoms with E-state index in [1.807, 2.05) is 0 Å². The molecule has 2 aliphatic carbocycles. The lowest BCUT2D eigenvalue weighted by Crippen LogP contribution is -2.32. The maximum absolute atomic E-state index is 11.0. The third-order valence-corrected chi connectivity index (χ3v) is 3.49. The summed E-state index contributed by atoms with van der Waals surface area (Å²) in [6, 6.07) is 0. The van der Waals surface area contributed by atoms with Crippen molar-refractivity contribution in [3.05, 3.63) is 0 Å². The van der Waals surface area contributed by atoms with Gasteiger partial charge in [0, 0.05) is 6.42 Å². The molecule has 2 fully saturated rings. The number of rotatable bonds is 2. The molecule has 2 rings (SSSR count). The van der Waals surface area contributed by atoms with E-state index in [0.717, 1.165) is 11.8 Å². The number of fused-ring (bicyclic) bond motifs is 2. The van der Waals surface area contributed by atoms with Gasteiger partial charge >= 0.3 is 0 Å². The van der Waals surface area contributed by atoms with Gasteiger partial charge in [-0.25, -0.2) is 5.84 Å². The minimum absolute atomic E-state index is 0.00699. The minimum Gasteiger partial charge on any atom is -0.294 e. The molecule has 3 nitrogen and oxygen atoms in total. The van der Waals surface area contributed by atoms with Crippen LogP contribution in [0.1, 0.15) is 32.1 Å². The van der Waals surface area contributed by atoms with Crippen LogP contribution in [0.25, 0.3) is 0 Å². The molecule has 2 aliphatic rings. The smallest absolute Gasteiger partial charge is 0.234 e. The lowest BCUT2D eigenvalue weighted by Gasteiger charge is -2.20. The topological polar surface area (TPSA) is 55.1 Å². The monoisotopic (exact) mass is 168 g/mol. The Morgan fingerprint density at radius 3 is 2.75 bits per heavy atom. The molecule has 3 atom stereocenters. The number of nitrogens with two attached hydrogens (primary N) is 1. The Hall–Kier alpha value is -0.570. The molecule has 0 saturated heterocycles. The molecule has 0 heterocycles. The second kappa shape index (κ2) is 3.05. The van der Waals surface area contributed by atoms with Crippen LogP contribution >= 0.6 is 0 Å². The molecule has 0 aliphatic heterocycles. The summed E-state index contributed by atoms with van der Waals surface area (Å²) >= 11 is 0. The van der Waals surface area contributed by atoms with E-state index in [0.29, 0.717) is 12.3 Å². The van der Waals surface area contributed by atoms with Crippen molar-refractivity contribution in [2.75, 3.05) is 0 Å². The first kappa shape index (κ1) is 8.05. The van der Waals surface area contributed by atoms with E-state index in [2.05, 4.69) is 5.43 Å². The van der Waals surface area contributed by atoms with Crippen molar-refractivity contribution in [3.8, 4) is 0 Å². The van der Waals surface area contributed by atoms with Crippen LogP contribution < -0.4 is 11.3 Å². The van der Waals surface area contributed by atoms with Crippen molar-refractivity contribution < 1.29 is 4.79 Å². The van der Waals surface area contributed by atoms with Gasteiger partial charge in [0.2, 0.25) is 5.91 Å². The van der Waals surface area contributed by atoms with E-state index in [9.17, 15) is 4.79 Å². The molecule has 2 saturated carbocycles. The van der Waals surface area contributed by atoms with Crippen molar-refractivity contribution in [3.63, 3.8) is 0 Å². The van der Waals surface area contributed by atoms with Gasteiger partial charge in [-0.15, -0.1) is 0 Å². The Kier molecular flexibility index (Phi) is 2.05. The molecule has 0 aromatic heterocycles. The number of carbonyl (C=O) groups is 1. The van der Waals surface area contributed by atoms with Crippen LogP contribution in [0, 0.1) is 17.8 Å². The first-order valence-electron chi connectivity index (χ1n) is 4.79. The zero-order valence-corrected chi connectivity index (χ0v) is 7.25. The van der Waals surface area contributed by atoms with Gasteiger partial charge in [0.25, 0.3) is 0 Å². The van der Waals surface area contributed by atoms with E-state index < -0.39 is 0 Å². The molecule has 0 radical (unpaired) electrons. The van der Waals surface area contributed by atoms with Crippen LogP contribution in [0.5, 0.6) is 0 Å². The Labute approximate surface area is 72.7 Å². The van der Waals surface area contributed by atoms with Crippen molar-refractivity contribution in [2.24, 2.45) is 23.6 Å². The second-order valence-electron chi connectivity index (χ2n) is 4.21. The third-order valence-electron chi connectivity index (χ3n) is 3.49. The highest BCUT2D eigenvalue weighted by Crippen LogP contribution is 2.49. The van der Waals surface area contributed by atoms with Crippen LogP contribution in [0.2, 0.25) is 0 Å². The number of carbonyl (C=O) groups excluding carboxylic acids is 1. The van der Waals surface area contributed by atoms with Crippen molar-refractivity contribution in [2.45, 2.75) is 32.1 Å². The Bertz CT molecular complexity index is 193. The zero-order chi connectivity index (χ0) is 8.55. The summed E-state index contributed by atoms with van der Waals surface area (Å²) in [6.07, 6.45) is 6.01. The molecule has 3 N–H and O–H groups in total. The quantitative estimate of drug-likeness (QED) is 0.364. The largest absolute Gasteiger partial charge is 0.294 e. The fraction of sp³-hybridized carbons (Fsp3) is 0.889. The number of hydrogen-bond donors (Lipinski definition) is 2. The number of hydrogen-bond acceptors (Lipinski definition) is 2. The van der Waals surface area contributed by atoms with Gasteiger partial charge in [0.1, 0.15) is 0 Å². The van der Waals surface area contributed by atoms with Crippen LogP contribution in [-0.4, -0.2) is 5.91 Å². The van der Waals surface area contributed by atoms with Crippen LogP contribution in [0.4, 0.5) is 0 Å². The van der Waals surface area contributed by atoms with E-state index in [1.165, 1.54) is 25.7 Å². The Morgan fingerprint density at radius 1 is 1.42 bits per heavy atom. The maximum atomic E-state index is 11.0. The predicted molar refractivity (Wildman–Crippen MR) is 45.9 cm³/mol. The highest BCUT2D eigenvalue weighted by atomic mass is 16.2.